The van der Waals surface area contributed by atoms with E-state index in [1.807, 2.05) is 0 Å². The van der Waals surface area contributed by atoms with Crippen LogP contribution in [0.2, 0.25) is 0 Å². The van der Waals surface area contributed by atoms with E-state index in [1.165, 1.54) is 57.8 Å². The lowest BCUT2D eigenvalue weighted by Gasteiger charge is -2.61. The number of hydrogen-bond acceptors (Lipinski definition) is 1. The fraction of sp³-hybridized carbons (Fsp3) is 1.00. The maximum absolute atomic E-state index is 10.5. The number of aliphatic hydroxyl groups is 1. The fourth-order valence-electron chi connectivity index (χ4n) is 8.06. The molecule has 0 amide bonds. The van der Waals surface area contributed by atoms with Crippen molar-refractivity contribution in [2.45, 2.75) is 97.0 Å². The van der Waals surface area contributed by atoms with Gasteiger partial charge < -0.3 is 5.11 Å². The van der Waals surface area contributed by atoms with Gasteiger partial charge in [0, 0.05) is 0 Å². The molecule has 0 aromatic heterocycles. The van der Waals surface area contributed by atoms with Crippen molar-refractivity contribution in [1.82, 2.24) is 0 Å². The highest BCUT2D eigenvalue weighted by Gasteiger charge is 2.55. The summed E-state index contributed by atoms with van der Waals surface area (Å²) in [5.74, 6) is 5.80. The standard InChI is InChI=1S/C22H38O/c1-4-16-6-5-7-20-19-9-8-15-14-21(2,23)12-10-17(15)18(19)11-13-22(16,20)3/h15-20,23H,4-14H2,1-3H3/t15-,16+,17+,18-,19-,20+,21-,22-/m1/s1. The first kappa shape index (κ1) is 16.4. The molecule has 0 unspecified atom stereocenters. The molecule has 4 rings (SSSR count). The summed E-state index contributed by atoms with van der Waals surface area (Å²) in [7, 11) is 0. The summed E-state index contributed by atoms with van der Waals surface area (Å²) in [5, 5.41) is 10.5. The van der Waals surface area contributed by atoms with Gasteiger partial charge in [-0.2, -0.15) is 0 Å². The summed E-state index contributed by atoms with van der Waals surface area (Å²) in [5.41, 5.74) is 0.288. The molecule has 0 bridgehead atoms. The third-order valence-electron chi connectivity index (χ3n) is 9.17. The van der Waals surface area contributed by atoms with Crippen molar-refractivity contribution in [3.05, 3.63) is 0 Å². The molecule has 0 aromatic rings. The zero-order valence-electron chi connectivity index (χ0n) is 15.7. The molecule has 0 spiro atoms. The lowest BCUT2D eigenvalue weighted by atomic mass is 9.44. The number of hydrogen-bond donors (Lipinski definition) is 1. The van der Waals surface area contributed by atoms with Gasteiger partial charge in [0.1, 0.15) is 0 Å². The second kappa shape index (κ2) is 5.75. The summed E-state index contributed by atoms with van der Waals surface area (Å²) in [6.07, 6.45) is 15.2. The quantitative estimate of drug-likeness (QED) is 0.647. The monoisotopic (exact) mass is 318 g/mol. The molecule has 4 aliphatic rings. The third-order valence-corrected chi connectivity index (χ3v) is 9.17. The van der Waals surface area contributed by atoms with Gasteiger partial charge in [0.25, 0.3) is 0 Å². The molecule has 132 valence electrons. The van der Waals surface area contributed by atoms with E-state index in [0.717, 1.165) is 48.3 Å². The van der Waals surface area contributed by atoms with Crippen LogP contribution in [0.1, 0.15) is 91.4 Å². The summed E-state index contributed by atoms with van der Waals surface area (Å²) in [6.45, 7) is 7.18. The molecule has 0 aliphatic heterocycles. The van der Waals surface area contributed by atoms with Crippen LogP contribution in [0.15, 0.2) is 0 Å². The normalized spacial score (nSPS) is 56.3. The van der Waals surface area contributed by atoms with Gasteiger partial charge in [-0.05, 0) is 106 Å². The Morgan fingerprint density at radius 3 is 2.43 bits per heavy atom. The highest BCUT2D eigenvalue weighted by Crippen LogP contribution is 2.63. The van der Waals surface area contributed by atoms with Gasteiger partial charge in [-0.3, -0.25) is 0 Å². The van der Waals surface area contributed by atoms with E-state index in [9.17, 15) is 5.11 Å². The summed E-state index contributed by atoms with van der Waals surface area (Å²) < 4.78 is 0. The van der Waals surface area contributed by atoms with Gasteiger partial charge in [0.15, 0.2) is 0 Å². The Morgan fingerprint density at radius 2 is 1.65 bits per heavy atom. The zero-order chi connectivity index (χ0) is 16.2. The van der Waals surface area contributed by atoms with Gasteiger partial charge >= 0.3 is 0 Å². The molecule has 1 heteroatoms. The van der Waals surface area contributed by atoms with Crippen LogP contribution in [-0.2, 0) is 0 Å². The Balaban J connectivity index is 1.55. The van der Waals surface area contributed by atoms with Crippen molar-refractivity contribution in [2.75, 3.05) is 0 Å². The molecule has 23 heavy (non-hydrogen) atoms. The average molecular weight is 319 g/mol. The van der Waals surface area contributed by atoms with Crippen LogP contribution in [0.4, 0.5) is 0 Å². The smallest absolute Gasteiger partial charge is 0.0622 e. The van der Waals surface area contributed by atoms with Crippen molar-refractivity contribution in [1.29, 1.82) is 0 Å². The van der Waals surface area contributed by atoms with Gasteiger partial charge in [-0.1, -0.05) is 26.7 Å². The fourth-order valence-corrected chi connectivity index (χ4v) is 8.06. The second-order valence-corrected chi connectivity index (χ2v) is 10.3. The van der Waals surface area contributed by atoms with E-state index >= 15 is 0 Å². The highest BCUT2D eigenvalue weighted by molar-refractivity contribution is 5.05. The van der Waals surface area contributed by atoms with Crippen molar-refractivity contribution in [2.24, 2.45) is 40.9 Å². The van der Waals surface area contributed by atoms with Crippen LogP contribution in [0.5, 0.6) is 0 Å². The molecule has 4 fully saturated rings. The van der Waals surface area contributed by atoms with Gasteiger partial charge in [-0.15, -0.1) is 0 Å². The van der Waals surface area contributed by atoms with Crippen LogP contribution in [-0.4, -0.2) is 10.7 Å². The molecular weight excluding hydrogens is 280 g/mol. The van der Waals surface area contributed by atoms with E-state index in [-0.39, 0.29) is 5.60 Å². The van der Waals surface area contributed by atoms with E-state index in [4.69, 9.17) is 0 Å². The van der Waals surface area contributed by atoms with E-state index in [1.54, 1.807) is 0 Å². The minimum atomic E-state index is -0.366. The largest absolute Gasteiger partial charge is 0.390 e. The second-order valence-electron chi connectivity index (χ2n) is 10.3. The predicted octanol–water partition coefficient (Wildman–Crippen LogP) is 5.81. The molecule has 4 aliphatic carbocycles. The first-order valence-corrected chi connectivity index (χ1v) is 10.7. The summed E-state index contributed by atoms with van der Waals surface area (Å²) in [4.78, 5) is 0. The molecule has 1 nitrogen and oxygen atoms in total. The Bertz CT molecular complexity index is 441. The Morgan fingerprint density at radius 1 is 0.870 bits per heavy atom. The van der Waals surface area contributed by atoms with Crippen LogP contribution in [0.3, 0.4) is 0 Å². The van der Waals surface area contributed by atoms with Crippen LogP contribution in [0, 0.1) is 40.9 Å². The molecule has 1 N–H and O–H groups in total. The average Bonchev–Trinajstić information content (AvgIpc) is 2.52. The van der Waals surface area contributed by atoms with Gasteiger partial charge in [0.05, 0.1) is 5.60 Å². The molecule has 0 saturated heterocycles. The minimum Gasteiger partial charge on any atom is -0.390 e. The maximum atomic E-state index is 10.5. The third kappa shape index (κ3) is 2.60. The van der Waals surface area contributed by atoms with Crippen LogP contribution >= 0.6 is 0 Å². The highest BCUT2D eigenvalue weighted by atomic mass is 16.3. The zero-order valence-corrected chi connectivity index (χ0v) is 15.7. The predicted molar refractivity (Wildman–Crippen MR) is 96.1 cm³/mol. The maximum Gasteiger partial charge on any atom is 0.0622 e. The van der Waals surface area contributed by atoms with E-state index in [2.05, 4.69) is 20.8 Å². The molecule has 0 aromatic carbocycles. The van der Waals surface area contributed by atoms with E-state index < -0.39 is 0 Å². The summed E-state index contributed by atoms with van der Waals surface area (Å²) >= 11 is 0. The Hall–Kier alpha value is -0.0400. The number of fused-ring (bicyclic) bond motifs is 5. The van der Waals surface area contributed by atoms with Crippen molar-refractivity contribution in [3.63, 3.8) is 0 Å². The molecule has 0 heterocycles. The van der Waals surface area contributed by atoms with Gasteiger partial charge in [-0.25, -0.2) is 0 Å². The molecule has 0 radical (unpaired) electrons. The molecule has 8 atom stereocenters. The van der Waals surface area contributed by atoms with E-state index in [0.29, 0.717) is 5.41 Å². The van der Waals surface area contributed by atoms with Crippen molar-refractivity contribution >= 4 is 0 Å². The lowest BCUT2D eigenvalue weighted by Crippen LogP contribution is -2.53. The lowest BCUT2D eigenvalue weighted by molar-refractivity contribution is -0.126. The molecular formula is C22H38O. The summed E-state index contributed by atoms with van der Waals surface area (Å²) in [6, 6.07) is 0. The van der Waals surface area contributed by atoms with Crippen LogP contribution in [0.25, 0.3) is 0 Å². The Kier molecular flexibility index (Phi) is 4.11. The minimum absolute atomic E-state index is 0.366. The van der Waals surface area contributed by atoms with Crippen LogP contribution < -0.4 is 0 Å². The topological polar surface area (TPSA) is 20.2 Å². The first-order valence-electron chi connectivity index (χ1n) is 10.7. The number of rotatable bonds is 1. The first-order chi connectivity index (χ1) is 10.9. The SMILES string of the molecule is CC[C@H]1CCC[C@H]2[C@@H]3CC[C@@H]4C[C@](C)(O)CC[C@@H]4[C@H]3CC[C@]12C. The van der Waals surface area contributed by atoms with Crippen molar-refractivity contribution < 1.29 is 5.11 Å². The Labute approximate surface area is 143 Å². The van der Waals surface area contributed by atoms with Gasteiger partial charge in [0.2, 0.25) is 0 Å². The molecule has 4 saturated carbocycles. The van der Waals surface area contributed by atoms with Crippen molar-refractivity contribution in [3.8, 4) is 0 Å².